The molecular weight excluding hydrogens is 362 g/mol. The minimum atomic E-state index is -0.0627. The van der Waals surface area contributed by atoms with Crippen LogP contribution in [0.1, 0.15) is 17.6 Å². The summed E-state index contributed by atoms with van der Waals surface area (Å²) in [5, 5.41) is 3.54. The number of rotatable bonds is 4. The zero-order valence-corrected chi connectivity index (χ0v) is 15.6. The van der Waals surface area contributed by atoms with Crippen molar-refractivity contribution in [1.82, 2.24) is 9.97 Å². The number of hydrogen-bond acceptors (Lipinski definition) is 5. The molecule has 0 saturated heterocycles. The van der Waals surface area contributed by atoms with Gasteiger partial charge in [-0.25, -0.2) is 9.97 Å². The first-order valence-electron chi connectivity index (χ1n) is 8.05. The van der Waals surface area contributed by atoms with E-state index in [2.05, 4.69) is 16.0 Å². The molecule has 1 amide bonds. The number of amides is 1. The van der Waals surface area contributed by atoms with Crippen molar-refractivity contribution in [2.75, 3.05) is 4.90 Å². The molecule has 0 N–H and O–H groups in total. The van der Waals surface area contributed by atoms with Gasteiger partial charge < -0.3 is 0 Å². The Morgan fingerprint density at radius 1 is 1.00 bits per heavy atom. The Labute approximate surface area is 159 Å². The van der Waals surface area contributed by atoms with Gasteiger partial charge in [-0.05, 0) is 36.4 Å². The first kappa shape index (κ1) is 16.6. The predicted octanol–water partition coefficient (Wildman–Crippen LogP) is 5.61. The number of anilines is 2. The lowest BCUT2D eigenvalue weighted by molar-refractivity contribution is -0.115. The number of hydrogen-bond donors (Lipinski definition) is 0. The third-order valence-electron chi connectivity index (χ3n) is 3.74. The summed E-state index contributed by atoms with van der Waals surface area (Å²) in [5.41, 5.74) is 2.63. The van der Waals surface area contributed by atoms with Crippen LogP contribution in [0, 0.1) is 0 Å². The first-order valence-corrected chi connectivity index (χ1v) is 9.75. The van der Waals surface area contributed by atoms with Gasteiger partial charge in [-0.15, -0.1) is 22.7 Å². The molecular formula is C20H15N3OS2. The van der Waals surface area contributed by atoms with E-state index >= 15 is 0 Å². The Bertz CT molecular complexity index is 1050. The number of fused-ring (bicyclic) bond motifs is 1. The van der Waals surface area contributed by atoms with Crippen LogP contribution in [0.15, 0.2) is 60.0 Å². The Morgan fingerprint density at radius 2 is 1.77 bits per heavy atom. The summed E-state index contributed by atoms with van der Waals surface area (Å²) < 4.78 is 1.16. The largest absolute Gasteiger partial charge is 0.274 e. The van der Waals surface area contributed by atoms with Gasteiger partial charge in [0, 0.05) is 12.3 Å². The van der Waals surface area contributed by atoms with E-state index in [-0.39, 0.29) is 5.91 Å². The van der Waals surface area contributed by atoms with E-state index in [1.165, 1.54) is 11.3 Å². The smallest absolute Gasteiger partial charge is 0.230 e. The van der Waals surface area contributed by atoms with E-state index in [4.69, 9.17) is 0 Å². The van der Waals surface area contributed by atoms with Crippen LogP contribution in [0.4, 0.5) is 10.8 Å². The molecule has 4 nitrogen and oxygen atoms in total. The number of para-hydroxylation sites is 2. The van der Waals surface area contributed by atoms with Crippen LogP contribution in [0.5, 0.6) is 0 Å². The Balaban J connectivity index is 1.59. The second-order valence-electron chi connectivity index (χ2n) is 5.60. The Morgan fingerprint density at radius 3 is 2.54 bits per heavy atom. The molecule has 2 heterocycles. The fourth-order valence-electron chi connectivity index (χ4n) is 2.58. The molecule has 4 aromatic rings. The molecule has 2 aromatic heterocycles. The molecule has 0 atom stereocenters. The summed E-state index contributed by atoms with van der Waals surface area (Å²) in [6.07, 6.45) is 3.89. The van der Waals surface area contributed by atoms with Crippen molar-refractivity contribution in [2.24, 2.45) is 0 Å². The normalized spacial score (nSPS) is 11.3. The van der Waals surface area contributed by atoms with Gasteiger partial charge in [0.05, 0.1) is 21.6 Å². The van der Waals surface area contributed by atoms with Crippen molar-refractivity contribution < 1.29 is 4.79 Å². The first-order chi connectivity index (χ1) is 12.7. The van der Waals surface area contributed by atoms with Gasteiger partial charge >= 0.3 is 0 Å². The van der Waals surface area contributed by atoms with Crippen LogP contribution >= 0.6 is 22.7 Å². The lowest BCUT2D eigenvalue weighted by Crippen LogP contribution is -2.22. The molecule has 0 aliphatic heterocycles. The highest BCUT2D eigenvalue weighted by atomic mass is 32.1. The minimum Gasteiger partial charge on any atom is -0.274 e. The Kier molecular flexibility index (Phi) is 4.60. The lowest BCUT2D eigenvalue weighted by Gasteiger charge is -2.17. The van der Waals surface area contributed by atoms with Gasteiger partial charge in [0.1, 0.15) is 5.01 Å². The summed E-state index contributed by atoms with van der Waals surface area (Å²) in [7, 11) is 0. The molecule has 0 aliphatic carbocycles. The molecule has 0 radical (unpaired) electrons. The Hall–Kier alpha value is -2.83. The van der Waals surface area contributed by atoms with Crippen molar-refractivity contribution >= 4 is 61.8 Å². The van der Waals surface area contributed by atoms with Crippen molar-refractivity contribution in [1.29, 1.82) is 0 Å². The highest BCUT2D eigenvalue weighted by molar-refractivity contribution is 7.19. The molecule has 0 aliphatic rings. The van der Waals surface area contributed by atoms with Gasteiger partial charge in [0.15, 0.2) is 5.13 Å². The minimum absolute atomic E-state index is 0.0627. The molecule has 6 heteroatoms. The fraction of sp³-hybridized carbons (Fsp3) is 0.0500. The molecule has 26 heavy (non-hydrogen) atoms. The third-order valence-corrected chi connectivity index (χ3v) is 5.58. The zero-order valence-electron chi connectivity index (χ0n) is 14.0. The van der Waals surface area contributed by atoms with Crippen LogP contribution in [0.2, 0.25) is 0 Å². The monoisotopic (exact) mass is 377 g/mol. The van der Waals surface area contributed by atoms with Gasteiger partial charge in [0.2, 0.25) is 5.91 Å². The lowest BCUT2D eigenvalue weighted by atomic mass is 10.3. The summed E-state index contributed by atoms with van der Waals surface area (Å²) in [4.78, 5) is 22.9. The maximum Gasteiger partial charge on any atom is 0.230 e. The van der Waals surface area contributed by atoms with Crippen LogP contribution in [-0.2, 0) is 4.79 Å². The van der Waals surface area contributed by atoms with E-state index in [0.29, 0.717) is 5.13 Å². The van der Waals surface area contributed by atoms with Crippen LogP contribution in [-0.4, -0.2) is 15.9 Å². The number of carbonyl (C=O) groups is 1. The van der Waals surface area contributed by atoms with Gasteiger partial charge in [0.25, 0.3) is 0 Å². The van der Waals surface area contributed by atoms with Crippen molar-refractivity contribution in [3.8, 4) is 0 Å². The van der Waals surface area contributed by atoms with Crippen molar-refractivity contribution in [3.05, 3.63) is 70.7 Å². The number of carbonyl (C=O) groups excluding carboxylic acids is 1. The van der Waals surface area contributed by atoms with Crippen LogP contribution in [0.25, 0.3) is 22.4 Å². The van der Waals surface area contributed by atoms with E-state index in [0.717, 1.165) is 26.6 Å². The molecule has 0 bridgehead atoms. The molecule has 128 valence electrons. The molecule has 2 aromatic carbocycles. The maximum absolute atomic E-state index is 12.1. The molecule has 4 rings (SSSR count). The summed E-state index contributed by atoms with van der Waals surface area (Å²) in [5.74, 6) is -0.0627. The quantitative estimate of drug-likeness (QED) is 0.464. The number of benzene rings is 2. The molecule has 0 spiro atoms. The van der Waals surface area contributed by atoms with Gasteiger partial charge in [-0.3, -0.25) is 9.69 Å². The van der Waals surface area contributed by atoms with E-state index in [1.54, 1.807) is 23.2 Å². The van der Waals surface area contributed by atoms with Gasteiger partial charge in [-0.2, -0.15) is 0 Å². The van der Waals surface area contributed by atoms with Crippen molar-refractivity contribution in [3.63, 3.8) is 0 Å². The topological polar surface area (TPSA) is 46.1 Å². The highest BCUT2D eigenvalue weighted by Crippen LogP contribution is 2.29. The van der Waals surface area contributed by atoms with Crippen molar-refractivity contribution in [2.45, 2.75) is 6.92 Å². The molecule has 0 fully saturated rings. The number of aromatic nitrogens is 2. The number of thiazole rings is 2. The van der Waals surface area contributed by atoms with E-state index in [1.807, 2.05) is 66.1 Å². The maximum atomic E-state index is 12.1. The summed E-state index contributed by atoms with van der Waals surface area (Å²) in [6, 6.07) is 17.6. The van der Waals surface area contributed by atoms with Crippen LogP contribution in [0.3, 0.4) is 0 Å². The summed E-state index contributed by atoms with van der Waals surface area (Å²) >= 11 is 3.09. The SMILES string of the molecule is CC(=O)N(c1ccccc1)c1nc(/C=C/c2nc3ccccc3s2)cs1. The zero-order chi connectivity index (χ0) is 17.9. The standard InChI is InChI=1S/C20H15N3OS2/c1-14(24)23(16-7-3-2-4-8-16)20-21-15(13-25-20)11-12-19-22-17-9-5-6-10-18(17)26-19/h2-13H,1H3/b12-11+. The second-order valence-corrected chi connectivity index (χ2v) is 7.50. The second kappa shape index (κ2) is 7.19. The van der Waals surface area contributed by atoms with E-state index < -0.39 is 0 Å². The summed E-state index contributed by atoms with van der Waals surface area (Å²) in [6.45, 7) is 1.55. The average molecular weight is 377 g/mol. The van der Waals surface area contributed by atoms with E-state index in [9.17, 15) is 4.79 Å². The molecule has 0 saturated carbocycles. The molecule has 0 unspecified atom stereocenters. The average Bonchev–Trinajstić information content (AvgIpc) is 3.27. The van der Waals surface area contributed by atoms with Gasteiger partial charge in [-0.1, -0.05) is 30.3 Å². The fourth-order valence-corrected chi connectivity index (χ4v) is 4.30. The van der Waals surface area contributed by atoms with Crippen LogP contribution < -0.4 is 4.90 Å². The predicted molar refractivity (Wildman–Crippen MR) is 110 cm³/mol. The highest BCUT2D eigenvalue weighted by Gasteiger charge is 2.17. The number of nitrogens with zero attached hydrogens (tertiary/aromatic N) is 3. The third kappa shape index (κ3) is 3.42.